The number of rotatable bonds is 2. The van der Waals surface area contributed by atoms with E-state index in [0.29, 0.717) is 12.1 Å². The quantitative estimate of drug-likeness (QED) is 0.765. The number of nitrogens with two attached hydrogens (primary N) is 1. The van der Waals surface area contributed by atoms with Gasteiger partial charge in [0, 0.05) is 18.3 Å². The molecule has 2 heterocycles. The molecule has 19 heavy (non-hydrogen) atoms. The predicted octanol–water partition coefficient (Wildman–Crippen LogP) is 2.91. The first-order valence-corrected chi connectivity index (χ1v) is 6.13. The average molecular weight is 255 g/mol. The lowest BCUT2D eigenvalue weighted by Gasteiger charge is -2.05. The summed E-state index contributed by atoms with van der Waals surface area (Å²) in [6.45, 7) is 2.36. The highest BCUT2D eigenvalue weighted by Crippen LogP contribution is 2.27. The van der Waals surface area contributed by atoms with Crippen molar-refractivity contribution in [3.63, 3.8) is 0 Å². The highest BCUT2D eigenvalue weighted by molar-refractivity contribution is 5.67. The molecule has 0 saturated carbocycles. The van der Waals surface area contributed by atoms with E-state index < -0.39 is 0 Å². The number of hydrogen-bond donors (Lipinski definition) is 1. The van der Waals surface area contributed by atoms with E-state index in [1.54, 1.807) is 12.1 Å². The van der Waals surface area contributed by atoms with Crippen molar-refractivity contribution in [1.29, 1.82) is 0 Å². The second kappa shape index (κ2) is 4.48. The fraction of sp³-hybridized carbons (Fsp3) is 0.133. The molecule has 0 spiro atoms. The minimum Gasteiger partial charge on any atom is -0.326 e. The molecule has 3 nitrogen and oxygen atoms in total. The lowest BCUT2D eigenvalue weighted by Crippen LogP contribution is -1.98. The number of nitrogens with zero attached hydrogens (tertiary/aromatic N) is 2. The van der Waals surface area contributed by atoms with E-state index in [4.69, 9.17) is 5.73 Å². The van der Waals surface area contributed by atoms with Crippen LogP contribution in [0.4, 0.5) is 4.39 Å². The second-order valence-corrected chi connectivity index (χ2v) is 4.49. The third-order valence-electron chi connectivity index (χ3n) is 3.23. The van der Waals surface area contributed by atoms with Crippen molar-refractivity contribution < 1.29 is 4.39 Å². The summed E-state index contributed by atoms with van der Waals surface area (Å²) in [7, 11) is 0. The molecular weight excluding hydrogens is 241 g/mol. The maximum atomic E-state index is 13.9. The summed E-state index contributed by atoms with van der Waals surface area (Å²) in [5.41, 5.74) is 9.58. The van der Waals surface area contributed by atoms with Gasteiger partial charge >= 0.3 is 0 Å². The van der Waals surface area contributed by atoms with E-state index in [1.807, 2.05) is 35.7 Å². The Morgan fingerprint density at radius 1 is 1.26 bits per heavy atom. The smallest absolute Gasteiger partial charge is 0.137 e. The fourth-order valence-electron chi connectivity index (χ4n) is 2.31. The summed E-state index contributed by atoms with van der Waals surface area (Å²) in [5.74, 6) is -0.240. The molecule has 0 aliphatic carbocycles. The van der Waals surface area contributed by atoms with E-state index in [-0.39, 0.29) is 5.82 Å². The molecule has 0 bridgehead atoms. The molecule has 2 aromatic heterocycles. The van der Waals surface area contributed by atoms with Gasteiger partial charge in [-0.1, -0.05) is 12.1 Å². The zero-order valence-corrected chi connectivity index (χ0v) is 10.6. The largest absolute Gasteiger partial charge is 0.326 e. The second-order valence-electron chi connectivity index (χ2n) is 4.49. The topological polar surface area (TPSA) is 43.3 Å². The average Bonchev–Trinajstić information content (AvgIpc) is 2.74. The van der Waals surface area contributed by atoms with Crippen LogP contribution in [-0.4, -0.2) is 9.38 Å². The Labute approximate surface area is 110 Å². The van der Waals surface area contributed by atoms with Crippen LogP contribution in [0.15, 0.2) is 42.6 Å². The lowest BCUT2D eigenvalue weighted by atomic mass is 10.1. The van der Waals surface area contributed by atoms with Gasteiger partial charge < -0.3 is 5.73 Å². The number of imidazole rings is 1. The first kappa shape index (κ1) is 11.9. The van der Waals surface area contributed by atoms with Crippen molar-refractivity contribution in [2.45, 2.75) is 13.5 Å². The molecule has 0 atom stereocenters. The molecule has 0 saturated heterocycles. The lowest BCUT2D eigenvalue weighted by molar-refractivity contribution is 0.630. The van der Waals surface area contributed by atoms with E-state index in [9.17, 15) is 4.39 Å². The van der Waals surface area contributed by atoms with Crippen LogP contribution in [0.1, 0.15) is 11.3 Å². The van der Waals surface area contributed by atoms with Crippen molar-refractivity contribution in [1.82, 2.24) is 9.38 Å². The Hall–Kier alpha value is -2.20. The van der Waals surface area contributed by atoms with E-state index >= 15 is 0 Å². The minimum absolute atomic E-state index is 0.240. The number of hydrogen-bond acceptors (Lipinski definition) is 2. The van der Waals surface area contributed by atoms with E-state index in [0.717, 1.165) is 22.6 Å². The Morgan fingerprint density at radius 3 is 2.79 bits per heavy atom. The van der Waals surface area contributed by atoms with E-state index in [1.165, 1.54) is 6.07 Å². The maximum absolute atomic E-state index is 13.9. The van der Waals surface area contributed by atoms with Crippen molar-refractivity contribution in [3.05, 3.63) is 59.7 Å². The van der Waals surface area contributed by atoms with Gasteiger partial charge in [0.1, 0.15) is 11.5 Å². The van der Waals surface area contributed by atoms with Crippen LogP contribution in [0.2, 0.25) is 0 Å². The van der Waals surface area contributed by atoms with Crippen LogP contribution in [0.3, 0.4) is 0 Å². The molecule has 0 aliphatic heterocycles. The summed E-state index contributed by atoms with van der Waals surface area (Å²) in [6.07, 6.45) is 1.89. The third-order valence-corrected chi connectivity index (χ3v) is 3.23. The highest BCUT2D eigenvalue weighted by atomic mass is 19.1. The molecule has 0 aliphatic rings. The van der Waals surface area contributed by atoms with Gasteiger partial charge in [-0.15, -0.1) is 0 Å². The first-order chi connectivity index (χ1) is 9.20. The molecule has 3 aromatic rings. The number of fused-ring (bicyclic) bond motifs is 1. The summed E-state index contributed by atoms with van der Waals surface area (Å²) in [6, 6.07) is 10.6. The van der Waals surface area contributed by atoms with Crippen LogP contribution in [0.25, 0.3) is 16.9 Å². The Balaban J connectivity index is 2.30. The van der Waals surface area contributed by atoms with Crippen LogP contribution >= 0.6 is 0 Å². The number of benzene rings is 1. The van der Waals surface area contributed by atoms with Crippen molar-refractivity contribution in [2.75, 3.05) is 0 Å². The fourth-order valence-corrected chi connectivity index (χ4v) is 2.31. The summed E-state index contributed by atoms with van der Waals surface area (Å²) in [5, 5.41) is 0. The number of halogens is 1. The van der Waals surface area contributed by atoms with Crippen LogP contribution in [0, 0.1) is 12.7 Å². The predicted molar refractivity (Wildman–Crippen MR) is 73.2 cm³/mol. The van der Waals surface area contributed by atoms with E-state index in [2.05, 4.69) is 4.98 Å². The highest BCUT2D eigenvalue weighted by Gasteiger charge is 2.14. The van der Waals surface area contributed by atoms with Crippen molar-refractivity contribution >= 4 is 5.65 Å². The van der Waals surface area contributed by atoms with Gasteiger partial charge in [0.15, 0.2) is 0 Å². The molecule has 0 fully saturated rings. The van der Waals surface area contributed by atoms with Gasteiger partial charge in [-0.2, -0.15) is 0 Å². The number of pyridine rings is 1. The molecular formula is C15H14FN3. The molecule has 0 unspecified atom stereocenters. The summed E-state index contributed by atoms with van der Waals surface area (Å²) in [4.78, 5) is 4.48. The van der Waals surface area contributed by atoms with Crippen LogP contribution in [-0.2, 0) is 6.54 Å². The van der Waals surface area contributed by atoms with Gasteiger partial charge in [0.2, 0.25) is 0 Å². The van der Waals surface area contributed by atoms with Crippen molar-refractivity contribution in [3.8, 4) is 11.3 Å². The summed E-state index contributed by atoms with van der Waals surface area (Å²) < 4.78 is 15.8. The van der Waals surface area contributed by atoms with Crippen molar-refractivity contribution in [2.24, 2.45) is 5.73 Å². The molecule has 2 N–H and O–H groups in total. The van der Waals surface area contributed by atoms with Gasteiger partial charge in [0.05, 0.1) is 11.4 Å². The zero-order valence-electron chi connectivity index (χ0n) is 10.6. The molecule has 4 heteroatoms. The van der Waals surface area contributed by atoms with Crippen LogP contribution in [0.5, 0.6) is 0 Å². The van der Waals surface area contributed by atoms with Crippen LogP contribution < -0.4 is 5.73 Å². The van der Waals surface area contributed by atoms with Gasteiger partial charge in [-0.05, 0) is 36.8 Å². The monoisotopic (exact) mass is 255 g/mol. The number of aromatic nitrogens is 2. The number of aryl methyl sites for hydroxylation is 1. The third kappa shape index (κ3) is 1.90. The van der Waals surface area contributed by atoms with Gasteiger partial charge in [0.25, 0.3) is 0 Å². The zero-order chi connectivity index (χ0) is 13.4. The Kier molecular flexibility index (Phi) is 2.80. The summed E-state index contributed by atoms with van der Waals surface area (Å²) >= 11 is 0. The normalized spacial score (nSPS) is 11.1. The molecule has 3 rings (SSSR count). The SMILES string of the molecule is Cc1nc2cc(CN)ccn2c1-c1ccccc1F. The maximum Gasteiger partial charge on any atom is 0.137 e. The molecule has 1 aromatic carbocycles. The minimum atomic E-state index is -0.240. The molecule has 96 valence electrons. The van der Waals surface area contributed by atoms with Gasteiger partial charge in [-0.3, -0.25) is 4.40 Å². The Bertz CT molecular complexity index is 746. The standard InChI is InChI=1S/C15H14FN3/c1-10-15(12-4-2-3-5-13(12)16)19-7-6-11(9-17)8-14(19)18-10/h2-8H,9,17H2,1H3. The first-order valence-electron chi connectivity index (χ1n) is 6.13. The molecule has 0 radical (unpaired) electrons. The Morgan fingerprint density at radius 2 is 2.05 bits per heavy atom. The molecule has 0 amide bonds. The van der Waals surface area contributed by atoms with Gasteiger partial charge in [-0.25, -0.2) is 9.37 Å².